The van der Waals surface area contributed by atoms with Crippen molar-refractivity contribution in [3.63, 3.8) is 0 Å². The van der Waals surface area contributed by atoms with Crippen LogP contribution in [0.4, 0.5) is 19.0 Å². The quantitative estimate of drug-likeness (QED) is 0.863. The second-order valence-electron chi connectivity index (χ2n) is 4.94. The van der Waals surface area contributed by atoms with E-state index >= 15 is 0 Å². The highest BCUT2D eigenvalue weighted by molar-refractivity contribution is 5.96. The number of hydrogen-bond acceptors (Lipinski definition) is 5. The van der Waals surface area contributed by atoms with E-state index in [9.17, 15) is 22.8 Å². The van der Waals surface area contributed by atoms with Crippen LogP contribution in [0.15, 0.2) is 34.9 Å². The second-order valence-corrected chi connectivity index (χ2v) is 4.94. The lowest BCUT2D eigenvalue weighted by atomic mass is 10.1. The number of halogens is 3. The summed E-state index contributed by atoms with van der Waals surface area (Å²) in [6.07, 6.45) is -5.81. The molecule has 0 saturated heterocycles. The molecule has 24 heavy (non-hydrogen) atoms. The van der Waals surface area contributed by atoms with Crippen LogP contribution in [0.1, 0.15) is 28.6 Å². The minimum atomic E-state index is -4.58. The van der Waals surface area contributed by atoms with Gasteiger partial charge in [-0.3, -0.25) is 4.79 Å². The zero-order valence-corrected chi connectivity index (χ0v) is 12.7. The molecule has 2 aromatic rings. The highest BCUT2D eigenvalue weighted by Gasteiger charge is 2.31. The summed E-state index contributed by atoms with van der Waals surface area (Å²) in [4.78, 5) is 23.8. The van der Waals surface area contributed by atoms with E-state index in [0.717, 1.165) is 12.1 Å². The molecule has 1 aromatic heterocycles. The zero-order valence-electron chi connectivity index (χ0n) is 12.7. The Labute approximate surface area is 134 Å². The van der Waals surface area contributed by atoms with Crippen molar-refractivity contribution in [3.05, 3.63) is 47.2 Å². The third-order valence-electron chi connectivity index (χ3n) is 2.96. The van der Waals surface area contributed by atoms with Crippen LogP contribution in [0.25, 0.3) is 0 Å². The van der Waals surface area contributed by atoms with Gasteiger partial charge in [-0.2, -0.15) is 13.2 Å². The number of anilines is 1. The molecule has 1 atom stereocenters. The summed E-state index contributed by atoms with van der Waals surface area (Å²) < 4.78 is 47.5. The molecule has 1 heterocycles. The average molecular weight is 342 g/mol. The molecule has 6 nitrogen and oxygen atoms in total. The first kappa shape index (κ1) is 17.5. The molecule has 0 unspecified atom stereocenters. The van der Waals surface area contributed by atoms with Crippen LogP contribution in [-0.2, 0) is 15.7 Å². The van der Waals surface area contributed by atoms with Crippen LogP contribution in [-0.4, -0.2) is 23.1 Å². The van der Waals surface area contributed by atoms with E-state index in [-0.39, 0.29) is 11.4 Å². The molecule has 0 saturated carbocycles. The summed E-state index contributed by atoms with van der Waals surface area (Å²) >= 11 is 0. The van der Waals surface area contributed by atoms with Gasteiger partial charge in [-0.1, -0.05) is 11.2 Å². The predicted molar refractivity (Wildman–Crippen MR) is 76.2 cm³/mol. The number of alkyl halides is 3. The Hall–Kier alpha value is -2.84. The third-order valence-corrected chi connectivity index (χ3v) is 2.96. The molecule has 1 aromatic carbocycles. The van der Waals surface area contributed by atoms with Gasteiger partial charge in [0.25, 0.3) is 5.91 Å². The smallest absolute Gasteiger partial charge is 0.416 e. The fourth-order valence-electron chi connectivity index (χ4n) is 1.76. The fraction of sp³-hybridized carbons (Fsp3) is 0.267. The molecule has 0 radical (unpaired) electrons. The highest BCUT2D eigenvalue weighted by Crippen LogP contribution is 2.29. The second kappa shape index (κ2) is 6.73. The normalized spacial score (nSPS) is 12.5. The van der Waals surface area contributed by atoms with Crippen molar-refractivity contribution in [2.75, 3.05) is 5.32 Å². The van der Waals surface area contributed by atoms with Crippen LogP contribution < -0.4 is 5.32 Å². The lowest BCUT2D eigenvalue weighted by Crippen LogP contribution is -2.30. The van der Waals surface area contributed by atoms with E-state index in [1.54, 1.807) is 6.92 Å². The molecule has 1 N–H and O–H groups in total. The molecular formula is C15H13F3N2O4. The van der Waals surface area contributed by atoms with Crippen molar-refractivity contribution in [3.8, 4) is 0 Å². The number of benzene rings is 1. The largest absolute Gasteiger partial charge is 0.449 e. The van der Waals surface area contributed by atoms with E-state index in [4.69, 9.17) is 9.26 Å². The molecule has 9 heteroatoms. The summed E-state index contributed by atoms with van der Waals surface area (Å²) in [5.74, 6) is -1.12. The Kier molecular flexibility index (Phi) is 4.91. The lowest BCUT2D eigenvalue weighted by molar-refractivity contribution is -0.137. The standard InChI is InChI=1S/C15H13F3N2O4/c1-8-6-12(20-24-8)19-13(21)9(2)23-14(22)10-4-3-5-11(7-10)15(16,17)18/h3-7,9H,1-2H3,(H,19,20,21)/t9-/m1/s1. The zero-order chi connectivity index (χ0) is 17.9. The number of carbonyl (C=O) groups is 2. The number of aryl methyl sites for hydroxylation is 1. The van der Waals surface area contributed by atoms with E-state index in [1.165, 1.54) is 19.1 Å². The molecule has 0 aliphatic heterocycles. The summed E-state index contributed by atoms with van der Waals surface area (Å²) in [5.41, 5.74) is -1.28. The van der Waals surface area contributed by atoms with E-state index in [1.807, 2.05) is 0 Å². The first-order chi connectivity index (χ1) is 11.2. The van der Waals surface area contributed by atoms with Crippen LogP contribution in [0.2, 0.25) is 0 Å². The van der Waals surface area contributed by atoms with Crippen LogP contribution in [0.3, 0.4) is 0 Å². The Morgan fingerprint density at radius 3 is 2.58 bits per heavy atom. The van der Waals surface area contributed by atoms with Gasteiger partial charge in [0.2, 0.25) is 0 Å². The van der Waals surface area contributed by atoms with Gasteiger partial charge in [-0.25, -0.2) is 4.79 Å². The summed E-state index contributed by atoms with van der Waals surface area (Å²) in [7, 11) is 0. The van der Waals surface area contributed by atoms with Crippen molar-refractivity contribution in [1.29, 1.82) is 0 Å². The maximum atomic E-state index is 12.6. The number of esters is 1. The first-order valence-corrected chi connectivity index (χ1v) is 6.79. The molecule has 0 fully saturated rings. The van der Waals surface area contributed by atoms with Gasteiger partial charge in [-0.15, -0.1) is 0 Å². The van der Waals surface area contributed by atoms with Crippen LogP contribution in [0.5, 0.6) is 0 Å². The number of amides is 1. The Morgan fingerprint density at radius 1 is 1.29 bits per heavy atom. The molecule has 128 valence electrons. The van der Waals surface area contributed by atoms with Crippen molar-refractivity contribution in [2.24, 2.45) is 0 Å². The third kappa shape index (κ3) is 4.34. The van der Waals surface area contributed by atoms with Gasteiger partial charge >= 0.3 is 12.1 Å². The van der Waals surface area contributed by atoms with E-state index in [0.29, 0.717) is 11.8 Å². The van der Waals surface area contributed by atoms with Gasteiger partial charge in [0, 0.05) is 6.07 Å². The minimum absolute atomic E-state index is 0.138. The number of aromatic nitrogens is 1. The Balaban J connectivity index is 2.02. The number of nitrogens with zero attached hydrogens (tertiary/aromatic N) is 1. The summed E-state index contributed by atoms with van der Waals surface area (Å²) in [6.45, 7) is 2.91. The maximum absolute atomic E-state index is 12.6. The van der Waals surface area contributed by atoms with Crippen molar-refractivity contribution in [2.45, 2.75) is 26.1 Å². The van der Waals surface area contributed by atoms with Gasteiger partial charge in [-0.05, 0) is 32.0 Å². The van der Waals surface area contributed by atoms with Crippen molar-refractivity contribution < 1.29 is 32.0 Å². The summed E-state index contributed by atoms with van der Waals surface area (Å²) in [6, 6.07) is 5.21. The van der Waals surface area contributed by atoms with Crippen molar-refractivity contribution >= 4 is 17.7 Å². The number of carbonyl (C=O) groups excluding carboxylic acids is 2. The van der Waals surface area contributed by atoms with Gasteiger partial charge in [0.15, 0.2) is 11.9 Å². The number of ether oxygens (including phenoxy) is 1. The topological polar surface area (TPSA) is 81.4 Å². The molecular weight excluding hydrogens is 329 g/mol. The lowest BCUT2D eigenvalue weighted by Gasteiger charge is -2.13. The molecule has 2 rings (SSSR count). The maximum Gasteiger partial charge on any atom is 0.416 e. The minimum Gasteiger partial charge on any atom is -0.449 e. The Bertz CT molecular complexity index is 755. The fourth-order valence-corrected chi connectivity index (χ4v) is 1.76. The molecule has 0 spiro atoms. The summed E-state index contributed by atoms with van der Waals surface area (Å²) in [5, 5.41) is 5.90. The number of rotatable bonds is 4. The molecule has 1 amide bonds. The molecule has 0 aliphatic rings. The number of nitrogens with one attached hydrogen (secondary N) is 1. The number of hydrogen-bond donors (Lipinski definition) is 1. The van der Waals surface area contributed by atoms with Crippen LogP contribution in [0, 0.1) is 6.92 Å². The molecule has 0 aliphatic carbocycles. The Morgan fingerprint density at radius 2 is 2.00 bits per heavy atom. The van der Waals surface area contributed by atoms with E-state index in [2.05, 4.69) is 10.5 Å². The van der Waals surface area contributed by atoms with E-state index < -0.39 is 29.7 Å². The first-order valence-electron chi connectivity index (χ1n) is 6.79. The van der Waals surface area contributed by atoms with Crippen molar-refractivity contribution in [1.82, 2.24) is 5.16 Å². The van der Waals surface area contributed by atoms with Gasteiger partial charge < -0.3 is 14.6 Å². The average Bonchev–Trinajstić information content (AvgIpc) is 2.91. The van der Waals surface area contributed by atoms with Gasteiger partial charge in [0.1, 0.15) is 5.76 Å². The van der Waals surface area contributed by atoms with Crippen LogP contribution >= 0.6 is 0 Å². The molecule has 0 bridgehead atoms. The predicted octanol–water partition coefficient (Wildman–Crippen LogP) is 3.19. The SMILES string of the molecule is Cc1cc(NC(=O)[C@@H](C)OC(=O)c2cccc(C(F)(F)F)c2)no1. The monoisotopic (exact) mass is 342 g/mol. The van der Waals surface area contributed by atoms with Gasteiger partial charge in [0.05, 0.1) is 11.1 Å². The highest BCUT2D eigenvalue weighted by atomic mass is 19.4.